The molecular weight excluding hydrogens is 259 g/mol. The molecule has 0 amide bonds. The van der Waals surface area contributed by atoms with Crippen LogP contribution in [0.1, 0.15) is 64.9 Å². The summed E-state index contributed by atoms with van der Waals surface area (Å²) in [6.07, 6.45) is 14.4. The Morgan fingerprint density at radius 1 is 0.700 bits per heavy atom. The van der Waals surface area contributed by atoms with Gasteiger partial charge in [0.2, 0.25) is 0 Å². The van der Waals surface area contributed by atoms with E-state index in [4.69, 9.17) is 0 Å². The third kappa shape index (κ3) is 6.40. The molecule has 0 bridgehead atoms. The number of unbranched alkanes of at least 4 members (excludes halogenated alkanes) is 3. The van der Waals surface area contributed by atoms with Gasteiger partial charge in [-0.05, 0) is 49.5 Å². The average molecular weight is 293 g/mol. The lowest BCUT2D eigenvalue weighted by molar-refractivity contribution is 0.832. The third-order valence-corrected chi connectivity index (χ3v) is 9.15. The van der Waals surface area contributed by atoms with Gasteiger partial charge in [0.25, 0.3) is 0 Å². The molecular formula is C19H34P. The van der Waals surface area contributed by atoms with Crippen LogP contribution in [-0.4, -0.2) is 18.5 Å². The first-order chi connectivity index (χ1) is 9.76. The highest BCUT2D eigenvalue weighted by atomic mass is 31.2. The molecule has 0 atom stereocenters. The minimum Gasteiger partial charge on any atom is -0.121 e. The lowest BCUT2D eigenvalue weighted by atomic mass is 10.2. The number of rotatable bonds is 11. The highest BCUT2D eigenvalue weighted by Crippen LogP contribution is 2.63. The van der Waals surface area contributed by atoms with Gasteiger partial charge in [0.15, 0.2) is 0 Å². The monoisotopic (exact) mass is 293 g/mol. The van der Waals surface area contributed by atoms with Gasteiger partial charge in [-0.15, -0.1) is 7.26 Å². The molecule has 0 aliphatic heterocycles. The molecule has 0 saturated heterocycles. The van der Waals surface area contributed by atoms with Gasteiger partial charge < -0.3 is 0 Å². The van der Waals surface area contributed by atoms with E-state index in [1.807, 2.05) is 0 Å². The minimum atomic E-state index is -0.768. The minimum absolute atomic E-state index is 0.768. The van der Waals surface area contributed by atoms with Gasteiger partial charge >= 0.3 is 0 Å². The predicted octanol–water partition coefficient (Wildman–Crippen LogP) is 6.60. The van der Waals surface area contributed by atoms with Crippen molar-refractivity contribution in [3.63, 3.8) is 0 Å². The Labute approximate surface area is 127 Å². The van der Waals surface area contributed by atoms with Crippen LogP contribution in [0.15, 0.2) is 30.3 Å². The van der Waals surface area contributed by atoms with Crippen LogP contribution in [0.2, 0.25) is 0 Å². The van der Waals surface area contributed by atoms with E-state index in [0.717, 1.165) is 0 Å². The van der Waals surface area contributed by atoms with E-state index in [1.165, 1.54) is 63.2 Å². The highest BCUT2D eigenvalue weighted by Gasteiger charge is 2.25. The third-order valence-electron chi connectivity index (χ3n) is 4.32. The van der Waals surface area contributed by atoms with E-state index in [2.05, 4.69) is 51.1 Å². The van der Waals surface area contributed by atoms with Crippen LogP contribution >= 0.6 is 7.26 Å². The summed E-state index contributed by atoms with van der Waals surface area (Å²) in [6, 6.07) is 11.3. The van der Waals surface area contributed by atoms with Crippen LogP contribution < -0.4 is 0 Å². The summed E-state index contributed by atoms with van der Waals surface area (Å²) in [5.74, 6) is 0. The van der Waals surface area contributed by atoms with Gasteiger partial charge in [0.1, 0.15) is 0 Å². The predicted molar refractivity (Wildman–Crippen MR) is 96.4 cm³/mol. The quantitative estimate of drug-likeness (QED) is 0.403. The molecule has 0 aliphatic carbocycles. The molecule has 0 aromatic heterocycles. The maximum Gasteiger partial charge on any atom is -0.0106 e. The van der Waals surface area contributed by atoms with Crippen molar-refractivity contribution in [2.75, 3.05) is 18.5 Å². The molecule has 0 heterocycles. The zero-order valence-electron chi connectivity index (χ0n) is 13.9. The van der Waals surface area contributed by atoms with Crippen molar-refractivity contribution in [3.05, 3.63) is 35.9 Å². The molecule has 0 N–H and O–H groups in total. The first-order valence-electron chi connectivity index (χ1n) is 8.65. The second kappa shape index (κ2) is 10.4. The Balaban J connectivity index is 2.81. The van der Waals surface area contributed by atoms with Gasteiger partial charge in [0.05, 0.1) is 0 Å². The van der Waals surface area contributed by atoms with Crippen molar-refractivity contribution < 1.29 is 0 Å². The molecule has 0 unspecified atom stereocenters. The van der Waals surface area contributed by atoms with Crippen LogP contribution in [0, 0.1) is 0 Å². The molecule has 0 aliphatic rings. The molecule has 1 aromatic carbocycles. The second-order valence-electron chi connectivity index (χ2n) is 6.22. The summed E-state index contributed by atoms with van der Waals surface area (Å²) < 4.78 is 0. The summed E-state index contributed by atoms with van der Waals surface area (Å²) in [5, 5.41) is 0. The lowest BCUT2D eigenvalue weighted by Crippen LogP contribution is -2.11. The van der Waals surface area contributed by atoms with Crippen molar-refractivity contribution in [1.82, 2.24) is 0 Å². The molecule has 1 heteroatoms. The Kier molecular flexibility index (Phi) is 9.19. The summed E-state index contributed by atoms with van der Waals surface area (Å²) in [5.41, 5.74) is 1.59. The fraction of sp³-hybridized carbons (Fsp3) is 0.684. The maximum atomic E-state index is 2.35. The van der Waals surface area contributed by atoms with Gasteiger partial charge in [-0.1, -0.05) is 70.4 Å². The lowest BCUT2D eigenvalue weighted by Gasteiger charge is -2.37. The highest BCUT2D eigenvalue weighted by molar-refractivity contribution is 7.75. The largest absolute Gasteiger partial charge is 0.121 e. The number of hydrogen-bond donors (Lipinski definition) is 0. The molecule has 1 rings (SSSR count). The van der Waals surface area contributed by atoms with E-state index in [1.54, 1.807) is 5.56 Å². The Bertz CT molecular complexity index is 309. The van der Waals surface area contributed by atoms with Crippen molar-refractivity contribution in [2.24, 2.45) is 0 Å². The van der Waals surface area contributed by atoms with Gasteiger partial charge in [0, 0.05) is 0 Å². The van der Waals surface area contributed by atoms with Crippen molar-refractivity contribution >= 4 is 7.26 Å². The molecule has 1 radical (unpaired) electrons. The van der Waals surface area contributed by atoms with Gasteiger partial charge in [-0.3, -0.25) is 0 Å². The standard InChI is InChI=1S/C19H34P/c1-4-7-15-20(16-8-5-2,17-9-6-3)18-19-13-11-10-12-14-19/h10-14H,4-9,15-18H2,1-3H3. The van der Waals surface area contributed by atoms with Crippen LogP contribution in [0.5, 0.6) is 0 Å². The average Bonchev–Trinajstić information content (AvgIpc) is 2.49. The Morgan fingerprint density at radius 2 is 1.15 bits per heavy atom. The molecule has 0 spiro atoms. The van der Waals surface area contributed by atoms with Crippen LogP contribution in [-0.2, 0) is 6.16 Å². The molecule has 1 aromatic rings. The Hall–Kier alpha value is -0.350. The summed E-state index contributed by atoms with van der Waals surface area (Å²) in [4.78, 5) is 0. The fourth-order valence-electron chi connectivity index (χ4n) is 3.02. The number of benzene rings is 1. The van der Waals surface area contributed by atoms with Gasteiger partial charge in [-0.2, -0.15) is 0 Å². The van der Waals surface area contributed by atoms with Crippen molar-refractivity contribution in [1.29, 1.82) is 0 Å². The summed E-state index contributed by atoms with van der Waals surface area (Å²) in [6.45, 7) is 7.03. The van der Waals surface area contributed by atoms with Crippen LogP contribution in [0.25, 0.3) is 0 Å². The molecule has 0 fully saturated rings. The van der Waals surface area contributed by atoms with E-state index >= 15 is 0 Å². The van der Waals surface area contributed by atoms with Crippen molar-refractivity contribution in [3.8, 4) is 0 Å². The second-order valence-corrected chi connectivity index (χ2v) is 10.6. The Morgan fingerprint density at radius 3 is 1.55 bits per heavy atom. The molecule has 115 valence electrons. The van der Waals surface area contributed by atoms with Crippen LogP contribution in [0.4, 0.5) is 0 Å². The molecule has 0 saturated carbocycles. The van der Waals surface area contributed by atoms with E-state index < -0.39 is 7.26 Å². The topological polar surface area (TPSA) is 0 Å². The number of hydrogen-bond acceptors (Lipinski definition) is 0. The zero-order chi connectivity index (χ0) is 14.7. The molecule has 20 heavy (non-hydrogen) atoms. The van der Waals surface area contributed by atoms with Crippen molar-refractivity contribution in [2.45, 2.75) is 65.5 Å². The SMILES string of the molecule is CCCC[P](CCCC)(CCCC)Cc1ccccc1. The zero-order valence-corrected chi connectivity index (χ0v) is 14.8. The van der Waals surface area contributed by atoms with E-state index in [-0.39, 0.29) is 0 Å². The van der Waals surface area contributed by atoms with E-state index in [0.29, 0.717) is 0 Å². The van der Waals surface area contributed by atoms with E-state index in [9.17, 15) is 0 Å². The fourth-order valence-corrected chi connectivity index (χ4v) is 8.12. The van der Waals surface area contributed by atoms with Gasteiger partial charge in [-0.25, -0.2) is 0 Å². The van der Waals surface area contributed by atoms with Crippen LogP contribution in [0.3, 0.4) is 0 Å². The first-order valence-corrected chi connectivity index (χ1v) is 11.2. The first kappa shape index (κ1) is 17.7. The smallest absolute Gasteiger partial charge is 0.0106 e. The molecule has 0 nitrogen and oxygen atoms in total. The normalized spacial score (nSPS) is 11.8. The summed E-state index contributed by atoms with van der Waals surface area (Å²) >= 11 is 0. The maximum absolute atomic E-state index is 2.35. The summed E-state index contributed by atoms with van der Waals surface area (Å²) in [7, 11) is -0.768.